The Bertz CT molecular complexity index is 1080. The van der Waals surface area contributed by atoms with E-state index < -0.39 is 37.1 Å². The topological polar surface area (TPSA) is 134 Å². The van der Waals surface area contributed by atoms with Crippen LogP contribution in [0, 0.1) is 5.92 Å². The molecule has 1 heterocycles. The number of carbonyl (C=O) groups excluding carboxylic acids is 2. The molecule has 0 aromatic rings. The van der Waals surface area contributed by atoms with Crippen molar-refractivity contribution >= 4 is 19.6 Å². The van der Waals surface area contributed by atoms with E-state index in [2.05, 4.69) is 75.5 Å². The van der Waals surface area contributed by atoms with Gasteiger partial charge in [-0.1, -0.05) is 145 Å². The number of carbonyl (C=O) groups is 2. The molecule has 0 amide bonds. The molecule has 4 N–H and O–H groups in total. The Hall–Kier alpha value is -2.30. The minimum atomic E-state index is -1.44. The smallest absolute Gasteiger partial charge is 0.305 e. The van der Waals surface area contributed by atoms with Gasteiger partial charge in [-0.3, -0.25) is 9.59 Å². The van der Waals surface area contributed by atoms with E-state index in [1.807, 2.05) is 0 Å². The third-order valence-corrected chi connectivity index (χ3v) is 10.3. The summed E-state index contributed by atoms with van der Waals surface area (Å²) in [5, 5.41) is 40.4. The minimum absolute atomic E-state index is 0.0995. The zero-order chi connectivity index (χ0) is 40.2. The minimum Gasteiger partial charge on any atom is -0.465 e. The number of ketones is 1. The molecule has 0 spiro atoms. The standard InChI is InChI=1S/C46H79BO8/c1-2-3-4-5-6-7-8-9-10-11-12-13-17-20-23-26-29-32-43(50)54-38-39(33-34-41-44(51)46(53)45(52)42(37-48)55-41)36-40(49)31-28-25-22-19-16-14-15-18-21-24-27-30-35-47/h3-4,6-7,9-10,12-13,20,23,39,41-42,44-46,48,51-53H,2,5,8,11,14-19,21-22,24-38,47H2,1H3/b4-3-,7-6-,10-9-,13-12-,23-20-. The predicted molar refractivity (Wildman–Crippen MR) is 229 cm³/mol. The number of Topliss-reactive ketones (excluding diaryl/α,β-unsaturated/α-hetero) is 1. The van der Waals surface area contributed by atoms with Crippen LogP contribution in [0.2, 0.25) is 6.32 Å². The molecule has 6 atom stereocenters. The van der Waals surface area contributed by atoms with E-state index in [-0.39, 0.29) is 30.7 Å². The van der Waals surface area contributed by atoms with Crippen LogP contribution >= 0.6 is 0 Å². The largest absolute Gasteiger partial charge is 0.465 e. The van der Waals surface area contributed by atoms with Gasteiger partial charge in [0, 0.05) is 25.2 Å². The van der Waals surface area contributed by atoms with Crippen LogP contribution in [0.25, 0.3) is 0 Å². The fraction of sp³-hybridized carbons (Fsp3) is 0.739. The van der Waals surface area contributed by atoms with Gasteiger partial charge in [0.05, 0.1) is 19.3 Å². The van der Waals surface area contributed by atoms with Crippen LogP contribution in [-0.2, 0) is 19.1 Å². The number of aliphatic hydroxyl groups excluding tert-OH is 4. The van der Waals surface area contributed by atoms with Crippen molar-refractivity contribution in [2.75, 3.05) is 13.2 Å². The summed E-state index contributed by atoms with van der Waals surface area (Å²) in [5.41, 5.74) is 0. The van der Waals surface area contributed by atoms with E-state index >= 15 is 0 Å². The Morgan fingerprint density at radius 2 is 1.13 bits per heavy atom. The summed E-state index contributed by atoms with van der Waals surface area (Å²) in [6.45, 7) is 1.75. The SMILES string of the molecule is BCCCCCCCCCCCCCCC(=O)CC(CCC1OC(CO)C(O)C(O)C1O)COC(=O)CCC/C=C\C/C=C\C/C=C\C/C=C\C/C=C\CC. The predicted octanol–water partition coefficient (Wildman–Crippen LogP) is 8.77. The summed E-state index contributed by atoms with van der Waals surface area (Å²) in [4.78, 5) is 25.6. The van der Waals surface area contributed by atoms with Crippen molar-refractivity contribution in [3.63, 3.8) is 0 Å². The number of esters is 1. The van der Waals surface area contributed by atoms with Gasteiger partial charge in [-0.2, -0.15) is 0 Å². The highest BCUT2D eigenvalue weighted by Gasteiger charge is 2.43. The molecule has 1 fully saturated rings. The van der Waals surface area contributed by atoms with Crippen molar-refractivity contribution < 1.29 is 39.5 Å². The lowest BCUT2D eigenvalue weighted by Gasteiger charge is -2.40. The summed E-state index contributed by atoms with van der Waals surface area (Å²) in [6, 6.07) is 0. The van der Waals surface area contributed by atoms with Gasteiger partial charge < -0.3 is 29.9 Å². The Balaban J connectivity index is 2.40. The van der Waals surface area contributed by atoms with Gasteiger partial charge in [-0.15, -0.1) is 0 Å². The normalized spacial score (nSPS) is 21.2. The molecule has 1 rings (SSSR count). The van der Waals surface area contributed by atoms with Crippen molar-refractivity contribution in [3.05, 3.63) is 60.8 Å². The lowest BCUT2D eigenvalue weighted by atomic mass is 9.89. The number of aliphatic hydroxyl groups is 4. The van der Waals surface area contributed by atoms with Crippen LogP contribution < -0.4 is 0 Å². The highest BCUT2D eigenvalue weighted by atomic mass is 16.5. The van der Waals surface area contributed by atoms with E-state index in [9.17, 15) is 30.0 Å². The summed E-state index contributed by atoms with van der Waals surface area (Å²) in [7, 11) is 2.25. The first kappa shape index (κ1) is 50.7. The van der Waals surface area contributed by atoms with Gasteiger partial charge in [-0.05, 0) is 64.2 Å². The second kappa shape index (κ2) is 36.1. The monoisotopic (exact) mass is 771 g/mol. The third-order valence-electron chi connectivity index (χ3n) is 10.3. The van der Waals surface area contributed by atoms with E-state index in [0.717, 1.165) is 57.8 Å². The van der Waals surface area contributed by atoms with Crippen LogP contribution in [0.5, 0.6) is 0 Å². The molecular formula is C46H79BO8. The van der Waals surface area contributed by atoms with Gasteiger partial charge in [-0.25, -0.2) is 0 Å². The summed E-state index contributed by atoms with van der Waals surface area (Å²) in [6.07, 6.45) is 39.9. The van der Waals surface area contributed by atoms with E-state index in [0.29, 0.717) is 32.1 Å². The van der Waals surface area contributed by atoms with E-state index in [1.54, 1.807) is 0 Å². The molecule has 9 heteroatoms. The Morgan fingerprint density at radius 3 is 1.65 bits per heavy atom. The van der Waals surface area contributed by atoms with E-state index in [1.165, 1.54) is 64.1 Å². The van der Waals surface area contributed by atoms with E-state index in [4.69, 9.17) is 9.47 Å². The quantitative estimate of drug-likeness (QED) is 0.0218. The highest BCUT2D eigenvalue weighted by molar-refractivity contribution is 6.08. The number of allylic oxidation sites excluding steroid dienone is 10. The van der Waals surface area contributed by atoms with Crippen molar-refractivity contribution in [1.82, 2.24) is 0 Å². The lowest BCUT2D eigenvalue weighted by Crippen LogP contribution is -2.58. The zero-order valence-corrected chi connectivity index (χ0v) is 34.8. The molecule has 0 saturated carbocycles. The fourth-order valence-corrected chi connectivity index (χ4v) is 6.84. The molecule has 0 aromatic heterocycles. The second-order valence-corrected chi connectivity index (χ2v) is 15.3. The third kappa shape index (κ3) is 27.9. The second-order valence-electron chi connectivity index (χ2n) is 15.3. The summed E-state index contributed by atoms with van der Waals surface area (Å²) >= 11 is 0. The van der Waals surface area contributed by atoms with Crippen LogP contribution in [0.1, 0.15) is 161 Å². The first-order chi connectivity index (χ1) is 26.8. The highest BCUT2D eigenvalue weighted by Crippen LogP contribution is 2.27. The molecule has 0 radical (unpaired) electrons. The van der Waals surface area contributed by atoms with Crippen LogP contribution in [0.3, 0.4) is 0 Å². The number of unbranched alkanes of at least 4 members (excludes halogenated alkanes) is 12. The summed E-state index contributed by atoms with van der Waals surface area (Å²) < 4.78 is 11.3. The molecule has 6 unspecified atom stereocenters. The number of rotatable bonds is 35. The molecule has 1 aliphatic rings. The number of hydrogen-bond donors (Lipinski definition) is 4. The maximum atomic E-state index is 13.0. The molecular weight excluding hydrogens is 691 g/mol. The molecule has 0 aromatic carbocycles. The average molecular weight is 771 g/mol. The average Bonchev–Trinajstić information content (AvgIpc) is 3.18. The maximum absolute atomic E-state index is 13.0. The Kier molecular flexibility index (Phi) is 33.3. The molecule has 0 bridgehead atoms. The zero-order valence-electron chi connectivity index (χ0n) is 34.8. The Morgan fingerprint density at radius 1 is 0.636 bits per heavy atom. The summed E-state index contributed by atoms with van der Waals surface area (Å²) in [5.74, 6) is -0.415. The van der Waals surface area contributed by atoms with Crippen LogP contribution in [0.4, 0.5) is 0 Å². The van der Waals surface area contributed by atoms with Gasteiger partial charge in [0.1, 0.15) is 38.0 Å². The molecule has 0 aliphatic carbocycles. The number of ether oxygens (including phenoxy) is 2. The van der Waals surface area contributed by atoms with Gasteiger partial charge in [0.25, 0.3) is 0 Å². The van der Waals surface area contributed by atoms with Crippen molar-refractivity contribution in [3.8, 4) is 0 Å². The lowest BCUT2D eigenvalue weighted by molar-refractivity contribution is -0.231. The fourth-order valence-electron chi connectivity index (χ4n) is 6.84. The van der Waals surface area contributed by atoms with Crippen LogP contribution in [0.15, 0.2) is 60.8 Å². The molecule has 314 valence electrons. The van der Waals surface area contributed by atoms with Crippen LogP contribution in [-0.4, -0.2) is 83.8 Å². The first-order valence-corrected chi connectivity index (χ1v) is 22.1. The molecule has 1 saturated heterocycles. The van der Waals surface area contributed by atoms with Crippen molar-refractivity contribution in [2.24, 2.45) is 5.92 Å². The maximum Gasteiger partial charge on any atom is 0.305 e. The first-order valence-electron chi connectivity index (χ1n) is 22.1. The molecule has 1 aliphatic heterocycles. The van der Waals surface area contributed by atoms with Gasteiger partial charge in [0.15, 0.2) is 0 Å². The van der Waals surface area contributed by atoms with Crippen molar-refractivity contribution in [1.29, 1.82) is 0 Å². The Labute approximate surface area is 336 Å². The number of hydrogen-bond acceptors (Lipinski definition) is 8. The van der Waals surface area contributed by atoms with Gasteiger partial charge in [0.2, 0.25) is 0 Å². The van der Waals surface area contributed by atoms with Gasteiger partial charge >= 0.3 is 5.97 Å². The molecule has 55 heavy (non-hydrogen) atoms. The molecule has 8 nitrogen and oxygen atoms in total. The van der Waals surface area contributed by atoms with Crippen molar-refractivity contribution in [2.45, 2.75) is 198 Å².